The fourth-order valence-electron chi connectivity index (χ4n) is 3.51. The molecule has 3 aromatic rings. The Labute approximate surface area is 171 Å². The van der Waals surface area contributed by atoms with Crippen LogP contribution in [0, 0.1) is 19.8 Å². The Balaban J connectivity index is 1.39. The van der Waals surface area contributed by atoms with E-state index in [1.165, 1.54) is 10.4 Å². The van der Waals surface area contributed by atoms with Gasteiger partial charge in [0.25, 0.3) is 0 Å². The summed E-state index contributed by atoms with van der Waals surface area (Å²) in [6.07, 6.45) is 2.99. The van der Waals surface area contributed by atoms with Crippen molar-refractivity contribution in [3.63, 3.8) is 0 Å². The molecular weight excluding hydrogens is 392 g/mol. The smallest absolute Gasteiger partial charge is 0.309 e. The van der Waals surface area contributed by atoms with Gasteiger partial charge in [0.05, 0.1) is 11.3 Å². The minimum atomic E-state index is -0.266. The van der Waals surface area contributed by atoms with E-state index in [1.54, 1.807) is 17.7 Å². The van der Waals surface area contributed by atoms with Crippen LogP contribution in [0.15, 0.2) is 6.33 Å². The Hall–Kier alpha value is -3.08. The van der Waals surface area contributed by atoms with Crippen molar-refractivity contribution in [2.45, 2.75) is 33.3 Å². The lowest BCUT2D eigenvalue weighted by Gasteiger charge is -2.32. The van der Waals surface area contributed by atoms with Crippen molar-refractivity contribution in [1.29, 1.82) is 0 Å². The van der Waals surface area contributed by atoms with Gasteiger partial charge in [-0.15, -0.1) is 11.3 Å². The third-order valence-corrected chi connectivity index (χ3v) is 6.25. The molecule has 4 rings (SSSR count). The van der Waals surface area contributed by atoms with Gasteiger partial charge in [-0.1, -0.05) is 0 Å². The number of nitrogens with zero attached hydrogens (tertiary/aromatic N) is 6. The van der Waals surface area contributed by atoms with E-state index in [0.717, 1.165) is 29.1 Å². The van der Waals surface area contributed by atoms with Crippen LogP contribution < -0.4 is 16.4 Å². The minimum Gasteiger partial charge on any atom is -0.457 e. The van der Waals surface area contributed by atoms with Crippen molar-refractivity contribution in [2.75, 3.05) is 29.5 Å². The van der Waals surface area contributed by atoms with Crippen LogP contribution in [0.1, 0.15) is 29.1 Å². The minimum absolute atomic E-state index is 0.00647. The highest BCUT2D eigenvalue weighted by Crippen LogP contribution is 2.35. The number of rotatable bonds is 4. The summed E-state index contributed by atoms with van der Waals surface area (Å²) in [6, 6.07) is 0. The van der Waals surface area contributed by atoms with Gasteiger partial charge in [0.1, 0.15) is 17.0 Å². The first kappa shape index (κ1) is 19.2. The molecule has 0 unspecified atom stereocenters. The molecule has 0 bridgehead atoms. The van der Waals surface area contributed by atoms with E-state index in [4.69, 9.17) is 16.2 Å². The van der Waals surface area contributed by atoms with Crippen molar-refractivity contribution < 1.29 is 9.53 Å². The largest absolute Gasteiger partial charge is 0.457 e. The number of hydrogen-bond acceptors (Lipinski definition) is 11. The summed E-state index contributed by atoms with van der Waals surface area (Å²) < 4.78 is 5.37. The van der Waals surface area contributed by atoms with Crippen molar-refractivity contribution in [3.8, 4) is 0 Å². The highest BCUT2D eigenvalue weighted by Gasteiger charge is 2.28. The van der Waals surface area contributed by atoms with E-state index in [-0.39, 0.29) is 36.2 Å². The molecule has 0 saturated carbocycles. The van der Waals surface area contributed by atoms with Crippen LogP contribution >= 0.6 is 11.3 Å². The highest BCUT2D eigenvalue weighted by molar-refractivity contribution is 7.18. The fourth-order valence-corrected chi connectivity index (χ4v) is 4.50. The number of fused-ring (bicyclic) bond motifs is 1. The van der Waals surface area contributed by atoms with Crippen LogP contribution in [0.4, 0.5) is 17.7 Å². The molecule has 0 aromatic carbocycles. The van der Waals surface area contributed by atoms with Gasteiger partial charge >= 0.3 is 5.97 Å². The van der Waals surface area contributed by atoms with Crippen LogP contribution in [0.3, 0.4) is 0 Å². The van der Waals surface area contributed by atoms with Gasteiger partial charge in [0.15, 0.2) is 12.4 Å². The number of hydrogen-bond donors (Lipinski definition) is 2. The normalized spacial score (nSPS) is 15.0. The zero-order valence-corrected chi connectivity index (χ0v) is 17.1. The Morgan fingerprint density at radius 3 is 2.55 bits per heavy atom. The molecule has 0 spiro atoms. The topological polar surface area (TPSA) is 146 Å². The number of piperidine rings is 1. The van der Waals surface area contributed by atoms with Crippen molar-refractivity contribution >= 4 is 45.2 Å². The van der Waals surface area contributed by atoms with Crippen LogP contribution in [-0.2, 0) is 16.1 Å². The Morgan fingerprint density at radius 2 is 1.86 bits per heavy atom. The van der Waals surface area contributed by atoms with Crippen LogP contribution in [0.25, 0.3) is 10.2 Å². The highest BCUT2D eigenvalue weighted by atomic mass is 32.1. The average molecular weight is 414 g/mol. The molecule has 0 radical (unpaired) electrons. The second-order valence-electron chi connectivity index (χ2n) is 7.00. The van der Waals surface area contributed by atoms with Gasteiger partial charge in [0.2, 0.25) is 11.9 Å². The molecule has 1 aliphatic heterocycles. The first-order chi connectivity index (χ1) is 13.9. The molecule has 152 valence electrons. The summed E-state index contributed by atoms with van der Waals surface area (Å²) >= 11 is 1.68. The quantitative estimate of drug-likeness (QED) is 0.604. The lowest BCUT2D eigenvalue weighted by molar-refractivity contribution is -0.150. The van der Waals surface area contributed by atoms with Crippen molar-refractivity contribution in [3.05, 3.63) is 22.6 Å². The van der Waals surface area contributed by atoms with E-state index in [2.05, 4.69) is 43.7 Å². The third kappa shape index (κ3) is 3.90. The maximum Gasteiger partial charge on any atom is 0.309 e. The van der Waals surface area contributed by atoms with Gasteiger partial charge < -0.3 is 21.1 Å². The number of nitrogens with two attached hydrogens (primary N) is 2. The number of carbonyl (C=O) groups excluding carboxylic acids is 1. The molecule has 1 aliphatic rings. The van der Waals surface area contributed by atoms with Gasteiger partial charge in [-0.2, -0.15) is 15.0 Å². The maximum atomic E-state index is 12.5. The molecule has 4 N–H and O–H groups in total. The Bertz CT molecular complexity index is 1040. The van der Waals surface area contributed by atoms with Gasteiger partial charge in [-0.3, -0.25) is 4.79 Å². The number of nitrogen functional groups attached to an aromatic ring is 2. The number of aryl methyl sites for hydroxylation is 2. The molecule has 0 amide bonds. The lowest BCUT2D eigenvalue weighted by atomic mass is 9.97. The number of carbonyl (C=O) groups is 1. The molecule has 10 nitrogen and oxygen atoms in total. The Morgan fingerprint density at radius 1 is 1.17 bits per heavy atom. The third-order valence-electron chi connectivity index (χ3n) is 5.13. The molecule has 29 heavy (non-hydrogen) atoms. The first-order valence-corrected chi connectivity index (χ1v) is 10.1. The molecule has 3 aromatic heterocycles. The van der Waals surface area contributed by atoms with E-state index < -0.39 is 0 Å². The van der Waals surface area contributed by atoms with Gasteiger partial charge in [-0.25, -0.2) is 9.97 Å². The predicted molar refractivity (Wildman–Crippen MR) is 110 cm³/mol. The first-order valence-electron chi connectivity index (χ1n) is 9.30. The van der Waals surface area contributed by atoms with Crippen LogP contribution in [0.5, 0.6) is 0 Å². The summed E-state index contributed by atoms with van der Waals surface area (Å²) in [5.41, 5.74) is 12.3. The number of aromatic nitrogens is 5. The fraction of sp³-hybridized carbons (Fsp3) is 0.444. The van der Waals surface area contributed by atoms with E-state index in [9.17, 15) is 4.79 Å². The Kier molecular flexibility index (Phi) is 5.14. The van der Waals surface area contributed by atoms with E-state index >= 15 is 0 Å². The standard InChI is InChI=1S/C18H22N8O2S/c1-9-10(2)29-15-13(9)14(21-8-22-15)26-5-3-11(4-6-26)16(27)28-7-12-23-17(19)25-18(20)24-12/h8,11H,3-7H2,1-2H3,(H4,19,20,23,24,25). The molecule has 0 aliphatic carbocycles. The molecule has 1 fully saturated rings. The SMILES string of the molecule is Cc1sc2ncnc(N3CCC(C(=O)OCc4nc(N)nc(N)n4)CC3)c2c1C. The van der Waals surface area contributed by atoms with Crippen LogP contribution in [-0.4, -0.2) is 44.0 Å². The van der Waals surface area contributed by atoms with E-state index in [1.807, 2.05) is 0 Å². The molecule has 11 heteroatoms. The predicted octanol–water partition coefficient (Wildman–Crippen LogP) is 1.62. The molecule has 1 saturated heterocycles. The second kappa shape index (κ2) is 7.74. The van der Waals surface area contributed by atoms with Crippen molar-refractivity contribution in [1.82, 2.24) is 24.9 Å². The molecule has 0 atom stereocenters. The van der Waals surface area contributed by atoms with Gasteiger partial charge in [-0.05, 0) is 32.3 Å². The summed E-state index contributed by atoms with van der Waals surface area (Å²) in [6.45, 7) is 5.58. The average Bonchev–Trinajstić information content (AvgIpc) is 2.99. The summed E-state index contributed by atoms with van der Waals surface area (Å²) in [5.74, 6) is 0.759. The number of thiophene rings is 1. The van der Waals surface area contributed by atoms with Gasteiger partial charge in [0, 0.05) is 18.0 Å². The number of esters is 1. The van der Waals surface area contributed by atoms with Crippen LogP contribution in [0.2, 0.25) is 0 Å². The summed E-state index contributed by atoms with van der Waals surface area (Å²) in [7, 11) is 0. The molecule has 4 heterocycles. The monoisotopic (exact) mass is 414 g/mol. The van der Waals surface area contributed by atoms with Crippen molar-refractivity contribution in [2.24, 2.45) is 5.92 Å². The van der Waals surface area contributed by atoms with E-state index in [0.29, 0.717) is 12.8 Å². The lowest BCUT2D eigenvalue weighted by Crippen LogP contribution is -2.37. The number of anilines is 3. The maximum absolute atomic E-state index is 12.5. The second-order valence-corrected chi connectivity index (χ2v) is 8.20. The number of ether oxygens (including phenoxy) is 1. The molecular formula is C18H22N8O2S. The summed E-state index contributed by atoms with van der Waals surface area (Å²) in [5, 5.41) is 1.11. The zero-order chi connectivity index (χ0) is 20.5. The summed E-state index contributed by atoms with van der Waals surface area (Å²) in [4.78, 5) is 37.4. The zero-order valence-electron chi connectivity index (χ0n) is 16.3.